The number of carbonyl (C=O) groups is 2. The summed E-state index contributed by atoms with van der Waals surface area (Å²) >= 11 is 1.53. The average molecular weight is 267 g/mol. The minimum absolute atomic E-state index is 0.347. The van der Waals surface area contributed by atoms with Crippen molar-refractivity contribution in [3.05, 3.63) is 35.9 Å². The number of aliphatic carboxylic acids is 1. The van der Waals surface area contributed by atoms with E-state index in [4.69, 9.17) is 5.11 Å². The zero-order chi connectivity index (χ0) is 13.4. The molecule has 1 atom stereocenters. The van der Waals surface area contributed by atoms with Gasteiger partial charge in [-0.25, -0.2) is 4.79 Å². The van der Waals surface area contributed by atoms with Gasteiger partial charge in [-0.05, 0) is 24.3 Å². The van der Waals surface area contributed by atoms with Gasteiger partial charge in [0, 0.05) is 11.3 Å². The summed E-state index contributed by atoms with van der Waals surface area (Å²) in [4.78, 5) is 22.8. The van der Waals surface area contributed by atoms with Gasteiger partial charge >= 0.3 is 5.97 Å². The third-order valence-corrected chi connectivity index (χ3v) is 3.54. The first-order valence-corrected chi connectivity index (χ1v) is 6.97. The van der Waals surface area contributed by atoms with Crippen LogP contribution in [0.2, 0.25) is 0 Å². The number of rotatable bonds is 7. The van der Waals surface area contributed by atoms with Crippen LogP contribution in [0, 0.1) is 0 Å². The number of carboxylic acids is 1. The van der Waals surface area contributed by atoms with Crippen molar-refractivity contribution in [1.82, 2.24) is 5.32 Å². The lowest BCUT2D eigenvalue weighted by Crippen LogP contribution is -2.42. The van der Waals surface area contributed by atoms with Gasteiger partial charge in [-0.2, -0.15) is 11.8 Å². The molecule has 0 heterocycles. The van der Waals surface area contributed by atoms with Gasteiger partial charge < -0.3 is 10.4 Å². The summed E-state index contributed by atoms with van der Waals surface area (Å²) in [5.41, 5.74) is 0.476. The van der Waals surface area contributed by atoms with Gasteiger partial charge in [0.05, 0.1) is 0 Å². The Balaban J connectivity index is 2.55. The first-order chi connectivity index (χ1) is 8.65. The zero-order valence-electron chi connectivity index (χ0n) is 10.3. The van der Waals surface area contributed by atoms with Crippen LogP contribution in [0.25, 0.3) is 0 Å². The molecule has 0 bridgehead atoms. The highest BCUT2D eigenvalue weighted by molar-refractivity contribution is 7.99. The van der Waals surface area contributed by atoms with Crippen molar-refractivity contribution < 1.29 is 14.7 Å². The van der Waals surface area contributed by atoms with Crippen LogP contribution < -0.4 is 5.32 Å². The molecule has 0 radical (unpaired) electrons. The van der Waals surface area contributed by atoms with Crippen molar-refractivity contribution >= 4 is 23.6 Å². The second kappa shape index (κ2) is 7.76. The smallest absolute Gasteiger partial charge is 0.327 e. The third-order valence-electron chi connectivity index (χ3n) is 2.27. The van der Waals surface area contributed by atoms with Crippen LogP contribution in [0.15, 0.2) is 30.3 Å². The number of benzene rings is 1. The van der Waals surface area contributed by atoms with Gasteiger partial charge in [0.15, 0.2) is 0 Å². The Kier molecular flexibility index (Phi) is 6.28. The van der Waals surface area contributed by atoms with Crippen LogP contribution >= 0.6 is 11.8 Å². The maximum absolute atomic E-state index is 11.8. The molecule has 98 valence electrons. The molecule has 0 fully saturated rings. The minimum Gasteiger partial charge on any atom is -0.480 e. The highest BCUT2D eigenvalue weighted by Gasteiger charge is 2.20. The minimum atomic E-state index is -0.997. The SMILES string of the molecule is CCCSCC(NC(=O)c1ccccc1)C(=O)O. The molecule has 2 N–H and O–H groups in total. The van der Waals surface area contributed by atoms with Crippen LogP contribution in [0.1, 0.15) is 23.7 Å². The molecule has 1 rings (SSSR count). The zero-order valence-corrected chi connectivity index (χ0v) is 11.1. The predicted octanol–water partition coefficient (Wildman–Crippen LogP) is 2.01. The first-order valence-electron chi connectivity index (χ1n) is 5.81. The van der Waals surface area contributed by atoms with Crippen LogP contribution in [0.5, 0.6) is 0 Å². The van der Waals surface area contributed by atoms with Gasteiger partial charge in [-0.3, -0.25) is 4.79 Å². The van der Waals surface area contributed by atoms with Crippen molar-refractivity contribution in [2.24, 2.45) is 0 Å². The molecule has 0 saturated carbocycles. The molecule has 0 spiro atoms. The molecule has 4 nitrogen and oxygen atoms in total. The average Bonchev–Trinajstić information content (AvgIpc) is 2.38. The normalized spacial score (nSPS) is 11.8. The van der Waals surface area contributed by atoms with Crippen molar-refractivity contribution in [3.8, 4) is 0 Å². The Hall–Kier alpha value is -1.49. The summed E-state index contributed by atoms with van der Waals surface area (Å²) in [5, 5.41) is 11.6. The number of hydrogen-bond acceptors (Lipinski definition) is 3. The van der Waals surface area contributed by atoms with Gasteiger partial charge in [-0.15, -0.1) is 0 Å². The molecule has 0 aliphatic rings. The summed E-state index contributed by atoms with van der Waals surface area (Å²) in [6.45, 7) is 2.03. The summed E-state index contributed by atoms with van der Waals surface area (Å²) in [7, 11) is 0. The lowest BCUT2D eigenvalue weighted by Gasteiger charge is -2.14. The molecule has 1 aromatic carbocycles. The molecule has 1 amide bonds. The molecular formula is C13H17NO3S. The monoisotopic (exact) mass is 267 g/mol. The summed E-state index contributed by atoms with van der Waals surface area (Å²) in [6, 6.07) is 7.78. The summed E-state index contributed by atoms with van der Waals surface area (Å²) in [5.74, 6) is -0.0600. The lowest BCUT2D eigenvalue weighted by atomic mass is 10.2. The number of thioether (sulfide) groups is 1. The van der Waals surface area contributed by atoms with Gasteiger partial charge in [0.2, 0.25) is 0 Å². The quantitative estimate of drug-likeness (QED) is 0.742. The molecule has 5 heteroatoms. The van der Waals surface area contributed by atoms with E-state index < -0.39 is 12.0 Å². The third kappa shape index (κ3) is 4.79. The van der Waals surface area contributed by atoms with Crippen molar-refractivity contribution in [1.29, 1.82) is 0 Å². The Morgan fingerprint density at radius 3 is 2.56 bits per heavy atom. The fraction of sp³-hybridized carbons (Fsp3) is 0.385. The Morgan fingerprint density at radius 2 is 2.00 bits per heavy atom. The number of carboxylic acid groups (broad SMARTS) is 1. The van der Waals surface area contributed by atoms with Crippen LogP contribution in [0.4, 0.5) is 0 Å². The number of carbonyl (C=O) groups excluding carboxylic acids is 1. The molecule has 0 aliphatic heterocycles. The van der Waals surface area contributed by atoms with Crippen LogP contribution in [-0.2, 0) is 4.79 Å². The molecule has 0 aromatic heterocycles. The van der Waals surface area contributed by atoms with E-state index >= 15 is 0 Å². The first kappa shape index (κ1) is 14.6. The summed E-state index contributed by atoms with van der Waals surface area (Å²) in [6.07, 6.45) is 0.990. The maximum Gasteiger partial charge on any atom is 0.327 e. The largest absolute Gasteiger partial charge is 0.480 e. The maximum atomic E-state index is 11.8. The molecule has 1 aromatic rings. The van der Waals surface area contributed by atoms with E-state index in [9.17, 15) is 9.59 Å². The molecule has 0 saturated heterocycles. The van der Waals surface area contributed by atoms with Gasteiger partial charge in [-0.1, -0.05) is 25.1 Å². The van der Waals surface area contributed by atoms with E-state index in [0.29, 0.717) is 11.3 Å². The Labute approximate surface area is 111 Å². The van der Waals surface area contributed by atoms with E-state index in [-0.39, 0.29) is 5.91 Å². The lowest BCUT2D eigenvalue weighted by molar-refractivity contribution is -0.138. The number of nitrogens with one attached hydrogen (secondary N) is 1. The van der Waals surface area contributed by atoms with E-state index in [1.807, 2.05) is 13.0 Å². The highest BCUT2D eigenvalue weighted by Crippen LogP contribution is 2.06. The second-order valence-electron chi connectivity index (χ2n) is 3.81. The summed E-state index contributed by atoms with van der Waals surface area (Å²) < 4.78 is 0. The van der Waals surface area contributed by atoms with Gasteiger partial charge in [0.1, 0.15) is 6.04 Å². The number of amides is 1. The van der Waals surface area contributed by atoms with Crippen molar-refractivity contribution in [2.45, 2.75) is 19.4 Å². The molecular weight excluding hydrogens is 250 g/mol. The van der Waals surface area contributed by atoms with Crippen molar-refractivity contribution in [2.75, 3.05) is 11.5 Å². The molecule has 1 unspecified atom stereocenters. The van der Waals surface area contributed by atoms with E-state index in [1.165, 1.54) is 11.8 Å². The fourth-order valence-electron chi connectivity index (χ4n) is 1.35. The fourth-order valence-corrected chi connectivity index (χ4v) is 2.27. The van der Waals surface area contributed by atoms with Gasteiger partial charge in [0.25, 0.3) is 5.91 Å². The van der Waals surface area contributed by atoms with E-state index in [0.717, 1.165) is 12.2 Å². The second-order valence-corrected chi connectivity index (χ2v) is 4.96. The topological polar surface area (TPSA) is 66.4 Å². The van der Waals surface area contributed by atoms with Crippen LogP contribution in [0.3, 0.4) is 0 Å². The highest BCUT2D eigenvalue weighted by atomic mass is 32.2. The van der Waals surface area contributed by atoms with E-state index in [1.54, 1.807) is 24.3 Å². The Morgan fingerprint density at radius 1 is 1.33 bits per heavy atom. The molecule has 18 heavy (non-hydrogen) atoms. The predicted molar refractivity (Wildman–Crippen MR) is 72.9 cm³/mol. The van der Waals surface area contributed by atoms with Crippen molar-refractivity contribution in [3.63, 3.8) is 0 Å². The standard InChI is InChI=1S/C13H17NO3S/c1-2-8-18-9-11(13(16)17)14-12(15)10-6-4-3-5-7-10/h3-7,11H,2,8-9H2,1H3,(H,14,15)(H,16,17). The number of hydrogen-bond donors (Lipinski definition) is 2. The molecule has 0 aliphatic carbocycles. The van der Waals surface area contributed by atoms with E-state index in [2.05, 4.69) is 5.32 Å². The Bertz CT molecular complexity index is 394. The van der Waals surface area contributed by atoms with Crippen LogP contribution in [-0.4, -0.2) is 34.5 Å².